The minimum Gasteiger partial charge on any atom is -0.333 e. The Bertz CT molecular complexity index is 1130. The number of amides is 1. The van der Waals surface area contributed by atoms with Crippen LogP contribution in [0.1, 0.15) is 17.5 Å². The number of nitrogens with zero attached hydrogens (tertiary/aromatic N) is 5. The average molecular weight is 426 g/mol. The van der Waals surface area contributed by atoms with Crippen LogP contribution in [-0.2, 0) is 27.7 Å². The molecule has 156 valence electrons. The van der Waals surface area contributed by atoms with E-state index < -0.39 is 9.84 Å². The minimum absolute atomic E-state index is 0.00895. The second-order valence-corrected chi connectivity index (χ2v) is 9.80. The largest absolute Gasteiger partial charge is 0.333 e. The first-order valence-electron chi connectivity index (χ1n) is 9.78. The van der Waals surface area contributed by atoms with Gasteiger partial charge >= 0.3 is 0 Å². The molecular formula is C21H23N5O3S. The quantitative estimate of drug-likeness (QED) is 0.598. The van der Waals surface area contributed by atoms with Crippen LogP contribution in [0.2, 0.25) is 0 Å². The van der Waals surface area contributed by atoms with Gasteiger partial charge in [-0.1, -0.05) is 60.2 Å². The monoisotopic (exact) mass is 425 g/mol. The summed E-state index contributed by atoms with van der Waals surface area (Å²) in [6.07, 6.45) is 0.445. The lowest BCUT2D eigenvalue weighted by Gasteiger charge is -2.28. The zero-order valence-electron chi connectivity index (χ0n) is 16.7. The van der Waals surface area contributed by atoms with E-state index in [9.17, 15) is 13.2 Å². The third-order valence-electron chi connectivity index (χ3n) is 5.20. The van der Waals surface area contributed by atoms with Crippen LogP contribution in [0.5, 0.6) is 0 Å². The lowest BCUT2D eigenvalue weighted by molar-refractivity contribution is -0.134. The molecule has 2 aromatic carbocycles. The van der Waals surface area contributed by atoms with Crippen molar-refractivity contribution < 1.29 is 13.2 Å². The molecule has 0 saturated carbocycles. The van der Waals surface area contributed by atoms with Crippen molar-refractivity contribution >= 4 is 15.7 Å². The third kappa shape index (κ3) is 4.73. The van der Waals surface area contributed by atoms with Crippen LogP contribution in [0.4, 0.5) is 0 Å². The van der Waals surface area contributed by atoms with E-state index >= 15 is 0 Å². The Balaban J connectivity index is 1.52. The standard InChI is InChI=1S/C21H23N5O3S/c1-16-7-9-18(10-8-16)21-22-24-26(23-21)14-20(27)25(13-17-5-3-2-4-6-17)19-11-12-30(28,29)15-19/h2-10,19H,11-15H2,1H3/t19-/m0/s1. The van der Waals surface area contributed by atoms with Gasteiger partial charge in [0.25, 0.3) is 0 Å². The maximum absolute atomic E-state index is 13.1. The molecule has 1 aromatic heterocycles. The van der Waals surface area contributed by atoms with Crippen LogP contribution in [0.15, 0.2) is 54.6 Å². The molecule has 9 heteroatoms. The van der Waals surface area contributed by atoms with Crippen molar-refractivity contribution in [3.63, 3.8) is 0 Å². The zero-order chi connectivity index (χ0) is 21.1. The number of carbonyl (C=O) groups is 1. The Morgan fingerprint density at radius 3 is 2.53 bits per heavy atom. The molecule has 4 rings (SSSR count). The van der Waals surface area contributed by atoms with Gasteiger partial charge in [-0.2, -0.15) is 4.80 Å². The molecule has 1 amide bonds. The fraction of sp³-hybridized carbons (Fsp3) is 0.333. The molecule has 3 aromatic rings. The summed E-state index contributed by atoms with van der Waals surface area (Å²) in [5.74, 6) is 0.315. The first-order chi connectivity index (χ1) is 14.4. The van der Waals surface area contributed by atoms with Crippen molar-refractivity contribution in [1.29, 1.82) is 0 Å². The number of sulfone groups is 1. The summed E-state index contributed by atoms with van der Waals surface area (Å²) in [6, 6.07) is 16.9. The fourth-order valence-electron chi connectivity index (χ4n) is 3.56. The number of tetrazole rings is 1. The topological polar surface area (TPSA) is 98.0 Å². The first-order valence-corrected chi connectivity index (χ1v) is 11.6. The lowest BCUT2D eigenvalue weighted by Crippen LogP contribution is -2.42. The zero-order valence-corrected chi connectivity index (χ0v) is 17.5. The number of hydrogen-bond donors (Lipinski definition) is 0. The Kier molecular flexibility index (Phi) is 5.63. The number of benzene rings is 2. The van der Waals surface area contributed by atoms with Crippen LogP contribution >= 0.6 is 0 Å². The van der Waals surface area contributed by atoms with Gasteiger partial charge in [0.15, 0.2) is 9.84 Å². The highest BCUT2D eigenvalue weighted by Crippen LogP contribution is 2.21. The molecule has 1 aliphatic rings. The molecule has 1 fully saturated rings. The molecule has 8 nitrogen and oxygen atoms in total. The summed E-state index contributed by atoms with van der Waals surface area (Å²) in [4.78, 5) is 16.0. The minimum atomic E-state index is -3.12. The Labute approximate surface area is 175 Å². The van der Waals surface area contributed by atoms with E-state index in [1.165, 1.54) is 4.80 Å². The Hall–Kier alpha value is -3.07. The van der Waals surface area contributed by atoms with E-state index in [1.54, 1.807) is 4.90 Å². The lowest BCUT2D eigenvalue weighted by atomic mass is 10.1. The molecule has 0 bridgehead atoms. The maximum atomic E-state index is 13.1. The van der Waals surface area contributed by atoms with Gasteiger partial charge < -0.3 is 4.90 Å². The molecule has 2 heterocycles. The number of carbonyl (C=O) groups excluding carboxylic acids is 1. The Morgan fingerprint density at radius 2 is 1.87 bits per heavy atom. The van der Waals surface area contributed by atoms with E-state index in [2.05, 4.69) is 15.4 Å². The second-order valence-electron chi connectivity index (χ2n) is 7.57. The molecule has 1 aliphatic heterocycles. The SMILES string of the molecule is Cc1ccc(-c2nnn(CC(=O)N(Cc3ccccc3)[C@H]3CCS(=O)(=O)C3)n2)cc1. The predicted octanol–water partition coefficient (Wildman–Crippen LogP) is 1.86. The predicted molar refractivity (Wildman–Crippen MR) is 112 cm³/mol. The summed E-state index contributed by atoms with van der Waals surface area (Å²) >= 11 is 0. The number of aryl methyl sites for hydroxylation is 1. The van der Waals surface area contributed by atoms with Crippen LogP contribution in [0.25, 0.3) is 11.4 Å². The van der Waals surface area contributed by atoms with Gasteiger partial charge in [-0.05, 0) is 24.1 Å². The molecule has 0 spiro atoms. The van der Waals surface area contributed by atoms with E-state index in [4.69, 9.17) is 0 Å². The second kappa shape index (κ2) is 8.35. The highest BCUT2D eigenvalue weighted by molar-refractivity contribution is 7.91. The summed E-state index contributed by atoms with van der Waals surface area (Å²) in [7, 11) is -3.12. The molecule has 0 unspecified atom stereocenters. The van der Waals surface area contributed by atoms with Crippen LogP contribution in [0, 0.1) is 6.92 Å². The summed E-state index contributed by atoms with van der Waals surface area (Å²) in [6.45, 7) is 2.25. The molecular weight excluding hydrogens is 402 g/mol. The van der Waals surface area contributed by atoms with Gasteiger partial charge in [0.1, 0.15) is 6.54 Å². The number of hydrogen-bond acceptors (Lipinski definition) is 6. The molecule has 0 N–H and O–H groups in total. The summed E-state index contributed by atoms with van der Waals surface area (Å²) in [5, 5.41) is 12.4. The highest BCUT2D eigenvalue weighted by atomic mass is 32.2. The molecule has 0 aliphatic carbocycles. The van der Waals surface area contributed by atoms with Crippen molar-refractivity contribution in [2.75, 3.05) is 11.5 Å². The Morgan fingerprint density at radius 1 is 1.13 bits per heavy atom. The van der Waals surface area contributed by atoms with E-state index in [0.717, 1.165) is 16.7 Å². The van der Waals surface area contributed by atoms with Crippen molar-refractivity contribution in [3.05, 3.63) is 65.7 Å². The smallest absolute Gasteiger partial charge is 0.246 e. The van der Waals surface area contributed by atoms with Gasteiger partial charge in [0.2, 0.25) is 11.7 Å². The average Bonchev–Trinajstić information content (AvgIpc) is 3.33. The van der Waals surface area contributed by atoms with Crippen molar-refractivity contribution in [2.24, 2.45) is 0 Å². The van der Waals surface area contributed by atoms with Gasteiger partial charge in [-0.25, -0.2) is 8.42 Å². The van der Waals surface area contributed by atoms with Crippen LogP contribution < -0.4 is 0 Å². The van der Waals surface area contributed by atoms with Gasteiger partial charge in [-0.15, -0.1) is 10.2 Å². The molecule has 1 atom stereocenters. The fourth-order valence-corrected chi connectivity index (χ4v) is 5.29. The third-order valence-corrected chi connectivity index (χ3v) is 6.95. The van der Waals surface area contributed by atoms with Crippen molar-refractivity contribution in [2.45, 2.75) is 32.5 Å². The van der Waals surface area contributed by atoms with Crippen LogP contribution in [-0.4, -0.2) is 57.0 Å². The normalized spacial score (nSPS) is 17.7. The molecule has 30 heavy (non-hydrogen) atoms. The van der Waals surface area contributed by atoms with E-state index in [0.29, 0.717) is 18.8 Å². The molecule has 1 saturated heterocycles. The van der Waals surface area contributed by atoms with Gasteiger partial charge in [0.05, 0.1) is 11.5 Å². The summed E-state index contributed by atoms with van der Waals surface area (Å²) in [5.41, 5.74) is 2.90. The summed E-state index contributed by atoms with van der Waals surface area (Å²) < 4.78 is 24.0. The maximum Gasteiger partial charge on any atom is 0.246 e. The number of aromatic nitrogens is 4. The molecule has 0 radical (unpaired) electrons. The van der Waals surface area contributed by atoms with Crippen molar-refractivity contribution in [1.82, 2.24) is 25.1 Å². The number of rotatable bonds is 6. The first kappa shape index (κ1) is 20.2. The van der Waals surface area contributed by atoms with Crippen molar-refractivity contribution in [3.8, 4) is 11.4 Å². The highest BCUT2D eigenvalue weighted by Gasteiger charge is 2.35. The van der Waals surface area contributed by atoms with Gasteiger partial charge in [0, 0.05) is 18.2 Å². The van der Waals surface area contributed by atoms with E-state index in [-0.39, 0.29) is 30.0 Å². The van der Waals surface area contributed by atoms with E-state index in [1.807, 2.05) is 61.5 Å². The van der Waals surface area contributed by atoms with Crippen LogP contribution in [0.3, 0.4) is 0 Å². The van der Waals surface area contributed by atoms with Gasteiger partial charge in [-0.3, -0.25) is 4.79 Å².